The number of esters is 1. The Hall–Kier alpha value is -2.03. The fraction of sp³-hybridized carbons (Fsp3) is 0.421. The summed E-state index contributed by atoms with van der Waals surface area (Å²) >= 11 is 0. The summed E-state index contributed by atoms with van der Waals surface area (Å²) in [5.41, 5.74) is 5.00. The zero-order chi connectivity index (χ0) is 15.7. The summed E-state index contributed by atoms with van der Waals surface area (Å²) in [6, 6.07) is 12.5. The minimum Gasteiger partial charge on any atom is -0.466 e. The van der Waals surface area contributed by atoms with E-state index in [9.17, 15) is 4.79 Å². The predicted molar refractivity (Wildman–Crippen MR) is 87.7 cm³/mol. The van der Waals surface area contributed by atoms with Crippen molar-refractivity contribution in [2.45, 2.75) is 40.2 Å². The number of hydrogen-bond donors (Lipinski definition) is 0. The molecule has 3 rings (SSSR count). The van der Waals surface area contributed by atoms with Gasteiger partial charge in [-0.2, -0.15) is 0 Å². The number of hydrogen-bond acceptors (Lipinski definition) is 2. The van der Waals surface area contributed by atoms with E-state index in [-0.39, 0.29) is 11.4 Å². The molecule has 3 heteroatoms. The van der Waals surface area contributed by atoms with Gasteiger partial charge in [-0.3, -0.25) is 4.79 Å². The Morgan fingerprint density at radius 3 is 2.68 bits per heavy atom. The van der Waals surface area contributed by atoms with E-state index in [0.717, 1.165) is 18.7 Å². The van der Waals surface area contributed by atoms with Crippen LogP contribution in [0.15, 0.2) is 36.4 Å². The lowest BCUT2D eigenvalue weighted by Crippen LogP contribution is -2.16. The van der Waals surface area contributed by atoms with Gasteiger partial charge in [0.2, 0.25) is 0 Å². The molecule has 1 aliphatic rings. The Morgan fingerprint density at radius 1 is 1.27 bits per heavy atom. The third-order valence-corrected chi connectivity index (χ3v) is 4.24. The first-order chi connectivity index (χ1) is 10.5. The van der Waals surface area contributed by atoms with Gasteiger partial charge in [0.1, 0.15) is 0 Å². The Balaban J connectivity index is 2.02. The molecule has 3 nitrogen and oxygen atoms in total. The molecular weight excluding hydrogens is 274 g/mol. The van der Waals surface area contributed by atoms with E-state index in [4.69, 9.17) is 4.74 Å². The Bertz CT molecular complexity index is 683. The Labute approximate surface area is 131 Å². The fourth-order valence-electron chi connectivity index (χ4n) is 3.37. The van der Waals surface area contributed by atoms with Gasteiger partial charge in [0.25, 0.3) is 0 Å². The molecule has 0 unspecified atom stereocenters. The van der Waals surface area contributed by atoms with Crippen LogP contribution in [0.1, 0.15) is 32.2 Å². The number of benzene rings is 1. The Kier molecular flexibility index (Phi) is 3.81. The number of aromatic nitrogens is 1. The molecule has 0 spiro atoms. The van der Waals surface area contributed by atoms with Gasteiger partial charge in [0, 0.05) is 23.5 Å². The Morgan fingerprint density at radius 2 is 2.00 bits per heavy atom. The average molecular weight is 297 g/mol. The van der Waals surface area contributed by atoms with Crippen molar-refractivity contribution in [3.8, 4) is 11.1 Å². The van der Waals surface area contributed by atoms with Crippen LogP contribution in [0.4, 0.5) is 0 Å². The second-order valence-electron chi connectivity index (χ2n) is 6.77. The molecule has 116 valence electrons. The molecule has 1 aromatic heterocycles. The van der Waals surface area contributed by atoms with Crippen molar-refractivity contribution in [1.82, 2.24) is 4.57 Å². The monoisotopic (exact) mass is 297 g/mol. The first-order valence-electron chi connectivity index (χ1n) is 7.92. The van der Waals surface area contributed by atoms with Crippen LogP contribution in [0.3, 0.4) is 0 Å². The molecule has 0 saturated carbocycles. The van der Waals surface area contributed by atoms with Gasteiger partial charge in [-0.15, -0.1) is 0 Å². The molecule has 0 atom stereocenters. The van der Waals surface area contributed by atoms with Crippen molar-refractivity contribution in [1.29, 1.82) is 0 Å². The fourth-order valence-corrected chi connectivity index (χ4v) is 3.37. The molecule has 0 bridgehead atoms. The summed E-state index contributed by atoms with van der Waals surface area (Å²) < 4.78 is 7.48. The average Bonchev–Trinajstić information content (AvgIpc) is 2.93. The van der Waals surface area contributed by atoms with Crippen LogP contribution >= 0.6 is 0 Å². The normalized spacial score (nSPS) is 15.6. The second kappa shape index (κ2) is 5.64. The van der Waals surface area contributed by atoms with Crippen LogP contribution in [-0.2, 0) is 28.9 Å². The van der Waals surface area contributed by atoms with Crippen molar-refractivity contribution in [2.75, 3.05) is 6.61 Å². The number of rotatable bonds is 4. The summed E-state index contributed by atoms with van der Waals surface area (Å²) in [5, 5.41) is 0. The number of fused-ring (bicyclic) bond motifs is 1. The van der Waals surface area contributed by atoms with E-state index in [1.54, 1.807) is 0 Å². The zero-order valence-electron chi connectivity index (χ0n) is 13.6. The molecule has 1 aliphatic heterocycles. The van der Waals surface area contributed by atoms with Crippen LogP contribution in [0, 0.1) is 5.41 Å². The smallest absolute Gasteiger partial charge is 0.311 e. The van der Waals surface area contributed by atoms with Gasteiger partial charge in [0.15, 0.2) is 0 Å². The van der Waals surface area contributed by atoms with E-state index in [2.05, 4.69) is 36.6 Å². The van der Waals surface area contributed by atoms with Crippen LogP contribution in [0.5, 0.6) is 0 Å². The lowest BCUT2D eigenvalue weighted by molar-refractivity contribution is -0.142. The van der Waals surface area contributed by atoms with Gasteiger partial charge in [-0.1, -0.05) is 44.2 Å². The minimum absolute atomic E-state index is 0.148. The van der Waals surface area contributed by atoms with Crippen LogP contribution in [-0.4, -0.2) is 17.1 Å². The molecule has 0 amide bonds. The highest BCUT2D eigenvalue weighted by Crippen LogP contribution is 2.38. The van der Waals surface area contributed by atoms with E-state index in [1.165, 1.54) is 16.8 Å². The van der Waals surface area contributed by atoms with E-state index < -0.39 is 0 Å². The predicted octanol–water partition coefficient (Wildman–Crippen LogP) is 3.84. The molecule has 0 radical (unpaired) electrons. The van der Waals surface area contributed by atoms with Crippen molar-refractivity contribution in [3.05, 3.63) is 47.8 Å². The second-order valence-corrected chi connectivity index (χ2v) is 6.77. The maximum Gasteiger partial charge on any atom is 0.311 e. The molecule has 2 aromatic rings. The largest absolute Gasteiger partial charge is 0.466 e. The number of carbonyl (C=O) groups is 1. The quantitative estimate of drug-likeness (QED) is 0.803. The van der Waals surface area contributed by atoms with Crippen molar-refractivity contribution in [2.24, 2.45) is 5.41 Å². The van der Waals surface area contributed by atoms with Crippen LogP contribution < -0.4 is 0 Å². The first-order valence-corrected chi connectivity index (χ1v) is 7.92. The minimum atomic E-state index is -0.148. The van der Waals surface area contributed by atoms with Crippen molar-refractivity contribution in [3.63, 3.8) is 0 Å². The molecule has 0 N–H and O–H groups in total. The summed E-state index contributed by atoms with van der Waals surface area (Å²) in [6.45, 7) is 7.79. The summed E-state index contributed by atoms with van der Waals surface area (Å²) in [6.07, 6.45) is 1.39. The molecule has 0 fully saturated rings. The van der Waals surface area contributed by atoms with E-state index in [1.807, 2.05) is 25.1 Å². The lowest BCUT2D eigenvalue weighted by Gasteiger charge is -2.17. The van der Waals surface area contributed by atoms with E-state index >= 15 is 0 Å². The molecular formula is C19H23NO2. The highest BCUT2D eigenvalue weighted by Gasteiger charge is 2.32. The van der Waals surface area contributed by atoms with Gasteiger partial charge >= 0.3 is 5.97 Å². The topological polar surface area (TPSA) is 31.2 Å². The maximum absolute atomic E-state index is 12.0. The standard InChI is InChI=1S/C19H23NO2/c1-4-22-18(21)11-17-16(14-8-6-5-7-9-14)10-15-12-19(2,3)13-20(15)17/h5-10H,4,11-13H2,1-3H3. The third-order valence-electron chi connectivity index (χ3n) is 4.24. The summed E-state index contributed by atoms with van der Waals surface area (Å²) in [4.78, 5) is 12.0. The third kappa shape index (κ3) is 2.80. The van der Waals surface area contributed by atoms with Gasteiger partial charge < -0.3 is 9.30 Å². The van der Waals surface area contributed by atoms with E-state index in [0.29, 0.717) is 13.0 Å². The number of nitrogens with zero attached hydrogens (tertiary/aromatic N) is 1. The molecule has 0 aliphatic carbocycles. The number of carbonyl (C=O) groups excluding carboxylic acids is 1. The zero-order valence-corrected chi connectivity index (χ0v) is 13.6. The molecule has 1 aromatic carbocycles. The van der Waals surface area contributed by atoms with Crippen molar-refractivity contribution >= 4 is 5.97 Å². The van der Waals surface area contributed by atoms with Gasteiger partial charge in [-0.25, -0.2) is 0 Å². The van der Waals surface area contributed by atoms with Crippen LogP contribution in [0.2, 0.25) is 0 Å². The molecule has 22 heavy (non-hydrogen) atoms. The highest BCUT2D eigenvalue weighted by molar-refractivity contribution is 5.78. The SMILES string of the molecule is CCOC(=O)Cc1c(-c2ccccc2)cc2n1CC(C)(C)C2. The van der Waals surface area contributed by atoms with Gasteiger partial charge in [0.05, 0.1) is 13.0 Å². The van der Waals surface area contributed by atoms with Gasteiger partial charge in [-0.05, 0) is 30.4 Å². The maximum atomic E-state index is 12.0. The van der Waals surface area contributed by atoms with Crippen LogP contribution in [0.25, 0.3) is 11.1 Å². The molecule has 0 saturated heterocycles. The van der Waals surface area contributed by atoms with Crippen molar-refractivity contribution < 1.29 is 9.53 Å². The molecule has 2 heterocycles. The lowest BCUT2D eigenvalue weighted by atomic mass is 9.90. The summed E-state index contributed by atoms with van der Waals surface area (Å²) in [7, 11) is 0. The number of ether oxygens (including phenoxy) is 1. The summed E-state index contributed by atoms with van der Waals surface area (Å²) in [5.74, 6) is -0.148. The highest BCUT2D eigenvalue weighted by atomic mass is 16.5. The first kappa shape index (κ1) is 14.9.